The van der Waals surface area contributed by atoms with E-state index < -0.39 is 35.1 Å². The Morgan fingerprint density at radius 3 is 2.67 bits per heavy atom. The molecule has 0 fully saturated rings. The van der Waals surface area contributed by atoms with Crippen LogP contribution in [0.4, 0.5) is 10.1 Å². The number of aromatic nitrogens is 6. The third-order valence-corrected chi connectivity index (χ3v) is 8.39. The molecule has 256 valence electrons. The van der Waals surface area contributed by atoms with E-state index >= 15 is 4.39 Å². The van der Waals surface area contributed by atoms with Crippen molar-refractivity contribution in [1.82, 2.24) is 35.5 Å². The summed E-state index contributed by atoms with van der Waals surface area (Å²) in [7, 11) is 1.19. The zero-order valence-corrected chi connectivity index (χ0v) is 27.9. The van der Waals surface area contributed by atoms with Gasteiger partial charge in [-0.2, -0.15) is 5.21 Å². The predicted molar refractivity (Wildman–Crippen MR) is 176 cm³/mol. The number of rotatable bonds is 11. The molecule has 49 heavy (non-hydrogen) atoms. The van der Waals surface area contributed by atoms with Crippen LogP contribution in [0.25, 0.3) is 10.9 Å². The Bertz CT molecular complexity index is 2000. The molecule has 1 aliphatic rings. The van der Waals surface area contributed by atoms with Crippen LogP contribution in [-0.2, 0) is 38.6 Å². The molecule has 1 aliphatic carbocycles. The number of benzene rings is 2. The molecule has 1 unspecified atom stereocenters. The lowest BCUT2D eigenvalue weighted by molar-refractivity contribution is -0.157. The first kappa shape index (κ1) is 34.7. The van der Waals surface area contributed by atoms with Crippen molar-refractivity contribution in [2.75, 3.05) is 18.6 Å². The van der Waals surface area contributed by atoms with Gasteiger partial charge in [-0.25, -0.2) is 14.2 Å². The number of anilines is 1. The van der Waals surface area contributed by atoms with Crippen LogP contribution in [0.5, 0.6) is 0 Å². The van der Waals surface area contributed by atoms with Gasteiger partial charge in [0, 0.05) is 12.1 Å². The molecule has 0 saturated heterocycles. The lowest BCUT2D eigenvalue weighted by atomic mass is 9.98. The zero-order chi connectivity index (χ0) is 35.5. The molecule has 0 spiro atoms. The predicted octanol–water partition coefficient (Wildman–Crippen LogP) is 2.94. The molecule has 0 saturated carbocycles. The fourth-order valence-corrected chi connectivity index (χ4v) is 5.76. The van der Waals surface area contributed by atoms with Crippen molar-refractivity contribution in [3.8, 4) is 12.3 Å². The fourth-order valence-electron chi connectivity index (χ4n) is 5.76. The normalized spacial score (nSPS) is 14.5. The summed E-state index contributed by atoms with van der Waals surface area (Å²) in [5.74, 6) is 0.612. The second-order valence-corrected chi connectivity index (χ2v) is 12.7. The minimum atomic E-state index is -1.08. The number of fused-ring (bicyclic) bond motifs is 2. The summed E-state index contributed by atoms with van der Waals surface area (Å²) < 4.78 is 27.1. The Hall–Kier alpha value is -5.65. The monoisotopic (exact) mass is 672 g/mol. The summed E-state index contributed by atoms with van der Waals surface area (Å²) in [6, 6.07) is 6.41. The number of halogens is 1. The van der Waals surface area contributed by atoms with Crippen LogP contribution in [0.2, 0.25) is 0 Å². The van der Waals surface area contributed by atoms with Gasteiger partial charge in [0.1, 0.15) is 17.7 Å². The lowest BCUT2D eigenvalue weighted by Crippen LogP contribution is -2.42. The van der Waals surface area contributed by atoms with Crippen molar-refractivity contribution in [2.24, 2.45) is 5.41 Å². The van der Waals surface area contributed by atoms with Gasteiger partial charge in [0.15, 0.2) is 12.6 Å². The Morgan fingerprint density at radius 2 is 2.02 bits per heavy atom. The van der Waals surface area contributed by atoms with Crippen molar-refractivity contribution in [3.63, 3.8) is 0 Å². The molecule has 0 aliphatic heterocycles. The van der Waals surface area contributed by atoms with Gasteiger partial charge in [-0.15, -0.1) is 16.6 Å². The van der Waals surface area contributed by atoms with Crippen molar-refractivity contribution < 1.29 is 28.2 Å². The van der Waals surface area contributed by atoms with Crippen molar-refractivity contribution in [1.29, 1.82) is 0 Å². The zero-order valence-electron chi connectivity index (χ0n) is 27.9. The van der Waals surface area contributed by atoms with Crippen LogP contribution in [0.1, 0.15) is 72.8 Å². The van der Waals surface area contributed by atoms with E-state index in [4.69, 9.17) is 15.9 Å². The summed E-state index contributed by atoms with van der Waals surface area (Å²) in [5, 5.41) is 16.3. The number of methoxy groups -OCH3 is 1. The third-order valence-electron chi connectivity index (χ3n) is 8.39. The van der Waals surface area contributed by atoms with Crippen molar-refractivity contribution in [3.05, 3.63) is 74.8 Å². The first-order chi connectivity index (χ1) is 23.3. The number of carbonyl (C=O) groups excluding carboxylic acids is 3. The molecule has 5 rings (SSSR count). The first-order valence-electron chi connectivity index (χ1n) is 15.6. The SMILES string of the molecule is C#CCN(c1ccc(C(=O)N[C@@H](CCc2nn[nH]n2)C(=O)OC)c(F)c1)C1CCc2cc3nc(C)n(COC(=O)C(C)(C)C)c(=O)c3cc21. The Balaban J connectivity index is 1.40. The molecule has 0 radical (unpaired) electrons. The number of hydrogen-bond acceptors (Lipinski definition) is 11. The van der Waals surface area contributed by atoms with Crippen LogP contribution < -0.4 is 15.8 Å². The van der Waals surface area contributed by atoms with E-state index in [1.807, 2.05) is 11.0 Å². The van der Waals surface area contributed by atoms with E-state index in [-0.39, 0.29) is 43.3 Å². The highest BCUT2D eigenvalue weighted by atomic mass is 19.1. The molecule has 0 bridgehead atoms. The smallest absolute Gasteiger partial charge is 0.328 e. The highest BCUT2D eigenvalue weighted by Gasteiger charge is 2.31. The molecule has 2 heterocycles. The van der Waals surface area contributed by atoms with Gasteiger partial charge in [0.05, 0.1) is 41.6 Å². The summed E-state index contributed by atoms with van der Waals surface area (Å²) in [5.41, 5.74) is 1.41. The highest BCUT2D eigenvalue weighted by Crippen LogP contribution is 2.40. The summed E-state index contributed by atoms with van der Waals surface area (Å²) in [4.78, 5) is 57.9. The second-order valence-electron chi connectivity index (χ2n) is 12.7. The maximum Gasteiger partial charge on any atom is 0.328 e. The molecule has 2 aromatic heterocycles. The first-order valence-corrected chi connectivity index (χ1v) is 15.6. The largest absolute Gasteiger partial charge is 0.467 e. The maximum atomic E-state index is 15.6. The number of nitrogens with one attached hydrogen (secondary N) is 2. The number of H-pyrrole nitrogens is 1. The molecule has 2 N–H and O–H groups in total. The van der Waals surface area contributed by atoms with E-state index in [0.29, 0.717) is 41.1 Å². The summed E-state index contributed by atoms with van der Waals surface area (Å²) in [6.45, 7) is 6.71. The number of terminal acetylenes is 1. The van der Waals surface area contributed by atoms with Gasteiger partial charge in [-0.1, -0.05) is 11.1 Å². The lowest BCUT2D eigenvalue weighted by Gasteiger charge is -2.30. The Labute approximate surface area is 281 Å². The van der Waals surface area contributed by atoms with Gasteiger partial charge in [0.25, 0.3) is 11.5 Å². The molecular weight excluding hydrogens is 635 g/mol. The van der Waals surface area contributed by atoms with Crippen LogP contribution in [0, 0.1) is 30.5 Å². The second kappa shape index (κ2) is 14.2. The number of aromatic amines is 1. The van der Waals surface area contributed by atoms with Crippen LogP contribution >= 0.6 is 0 Å². The maximum absolute atomic E-state index is 15.6. The van der Waals surface area contributed by atoms with E-state index in [0.717, 1.165) is 11.1 Å². The van der Waals surface area contributed by atoms with Crippen LogP contribution in [-0.4, -0.2) is 67.7 Å². The molecule has 2 aromatic carbocycles. The molecule has 2 atom stereocenters. The fraction of sp³-hybridized carbons (Fsp3) is 0.412. The van der Waals surface area contributed by atoms with Gasteiger partial charge in [-0.3, -0.25) is 19.0 Å². The highest BCUT2D eigenvalue weighted by molar-refractivity contribution is 5.97. The van der Waals surface area contributed by atoms with Crippen molar-refractivity contribution >= 4 is 34.4 Å². The van der Waals surface area contributed by atoms with E-state index in [9.17, 15) is 19.2 Å². The van der Waals surface area contributed by atoms with Gasteiger partial charge < -0.3 is 19.7 Å². The van der Waals surface area contributed by atoms with Gasteiger partial charge >= 0.3 is 11.9 Å². The standard InChI is InChI=1S/C34H37FN8O6/c1-7-14-42(21-9-10-22(25(35)16-21)30(44)37-26(32(46)48-6)11-13-29-38-40-41-39-29)28-12-8-20-15-27-24(17-23(20)28)31(45)43(19(2)36-27)18-49-33(47)34(3,4)5/h1,9-10,15-17,26,28H,8,11-14,18H2,2-6H3,(H,37,44)(H,38,39,40,41)/t26-,28?/m0/s1. The number of ether oxygens (including phenoxy) is 2. The molecule has 1 amide bonds. The number of aryl methyl sites for hydroxylation is 3. The number of esters is 2. The molecule has 15 heteroatoms. The van der Waals surface area contributed by atoms with Crippen molar-refractivity contribution in [2.45, 2.75) is 72.2 Å². The average molecular weight is 673 g/mol. The molecule has 4 aromatic rings. The third kappa shape index (κ3) is 7.43. The minimum absolute atomic E-state index is 0.103. The summed E-state index contributed by atoms with van der Waals surface area (Å²) in [6.07, 6.45) is 7.38. The number of hydrogen-bond donors (Lipinski definition) is 2. The number of carbonyl (C=O) groups is 3. The number of tetrazole rings is 1. The number of amides is 1. The van der Waals surface area contributed by atoms with E-state index in [1.54, 1.807) is 39.8 Å². The molecular formula is C34H37FN8O6. The summed E-state index contributed by atoms with van der Waals surface area (Å²) >= 11 is 0. The Kier molecular flexibility index (Phi) is 10.1. The average Bonchev–Trinajstić information content (AvgIpc) is 3.73. The van der Waals surface area contributed by atoms with Crippen LogP contribution in [0.3, 0.4) is 0 Å². The number of nitrogens with zero attached hydrogens (tertiary/aromatic N) is 6. The topological polar surface area (TPSA) is 174 Å². The Morgan fingerprint density at radius 1 is 1.24 bits per heavy atom. The van der Waals surface area contributed by atoms with Gasteiger partial charge in [0.2, 0.25) is 0 Å². The van der Waals surface area contributed by atoms with Crippen LogP contribution in [0.15, 0.2) is 35.1 Å². The minimum Gasteiger partial charge on any atom is -0.467 e. The van der Waals surface area contributed by atoms with E-state index in [1.165, 1.54) is 23.8 Å². The van der Waals surface area contributed by atoms with E-state index in [2.05, 4.69) is 36.8 Å². The quantitative estimate of drug-likeness (QED) is 0.177. The van der Waals surface area contributed by atoms with Gasteiger partial charge in [-0.05, 0) is 88.4 Å². The molecule has 14 nitrogen and oxygen atoms in total.